The summed E-state index contributed by atoms with van der Waals surface area (Å²) in [4.78, 5) is 12.0. The fourth-order valence-electron chi connectivity index (χ4n) is 2.16. The van der Waals surface area contributed by atoms with Gasteiger partial charge < -0.3 is 15.4 Å². The Kier molecular flexibility index (Phi) is 3.78. The lowest BCUT2D eigenvalue weighted by molar-refractivity contribution is 0.189. The number of carbonyl (C=O) groups is 1. The third-order valence-corrected chi connectivity index (χ3v) is 3.35. The van der Waals surface area contributed by atoms with E-state index in [4.69, 9.17) is 4.74 Å². The van der Waals surface area contributed by atoms with Crippen molar-refractivity contribution in [1.29, 1.82) is 0 Å². The largest absolute Gasteiger partial charge is 0.379 e. The molecule has 0 radical (unpaired) electrons. The van der Waals surface area contributed by atoms with Crippen LogP contribution >= 0.6 is 0 Å². The van der Waals surface area contributed by atoms with Crippen molar-refractivity contribution in [3.8, 4) is 5.69 Å². The fourth-order valence-corrected chi connectivity index (χ4v) is 2.16. The number of rotatable bonds is 3. The number of ether oxygens (including phenoxy) is 1. The molecule has 1 saturated heterocycles. The van der Waals surface area contributed by atoms with E-state index in [0.29, 0.717) is 13.2 Å². The third kappa shape index (κ3) is 3.16. The molecular weight excluding hydrogens is 272 g/mol. The molecule has 3 rings (SSSR count). The van der Waals surface area contributed by atoms with Crippen LogP contribution in [-0.4, -0.2) is 45.5 Å². The molecule has 8 nitrogen and oxygen atoms in total. The Bertz CT molecular complexity index is 622. The maximum Gasteiger partial charge on any atom is 0.319 e. The molecule has 2 N–H and O–H groups in total. The Morgan fingerprint density at radius 3 is 3.10 bits per heavy atom. The molecule has 1 aromatic carbocycles. The molecule has 0 aliphatic carbocycles. The second-order valence-corrected chi connectivity index (χ2v) is 4.91. The zero-order valence-electron chi connectivity index (χ0n) is 11.6. The molecule has 1 fully saturated rings. The molecule has 1 atom stereocenters. The first kappa shape index (κ1) is 13.5. The number of nitrogens with one attached hydrogen (secondary N) is 2. The van der Waals surface area contributed by atoms with E-state index in [9.17, 15) is 4.79 Å². The number of hydrogen-bond acceptors (Lipinski definition) is 5. The Morgan fingerprint density at radius 2 is 2.38 bits per heavy atom. The zero-order chi connectivity index (χ0) is 14.7. The van der Waals surface area contributed by atoms with Gasteiger partial charge in [-0.3, -0.25) is 0 Å². The number of amides is 2. The van der Waals surface area contributed by atoms with Crippen LogP contribution in [0.2, 0.25) is 0 Å². The SMILES string of the molecule is Cc1ccc(-n2cnnn2)cc1NC(=O)N[C@H]1CCOC1. The molecular formula is C13H16N6O2. The Morgan fingerprint density at radius 1 is 1.48 bits per heavy atom. The van der Waals surface area contributed by atoms with E-state index >= 15 is 0 Å². The van der Waals surface area contributed by atoms with Crippen LogP contribution in [0.15, 0.2) is 24.5 Å². The molecule has 2 aromatic rings. The molecule has 1 aliphatic rings. The lowest BCUT2D eigenvalue weighted by Crippen LogP contribution is -2.38. The molecule has 0 saturated carbocycles. The maximum absolute atomic E-state index is 12.0. The second kappa shape index (κ2) is 5.88. The number of tetrazole rings is 1. The van der Waals surface area contributed by atoms with E-state index in [-0.39, 0.29) is 12.1 Å². The van der Waals surface area contributed by atoms with Gasteiger partial charge >= 0.3 is 6.03 Å². The van der Waals surface area contributed by atoms with E-state index in [1.165, 1.54) is 11.0 Å². The predicted molar refractivity (Wildman–Crippen MR) is 75.3 cm³/mol. The van der Waals surface area contributed by atoms with Gasteiger partial charge in [0.25, 0.3) is 0 Å². The van der Waals surface area contributed by atoms with Crippen molar-refractivity contribution in [2.75, 3.05) is 18.5 Å². The van der Waals surface area contributed by atoms with Crippen LogP contribution in [0, 0.1) is 6.92 Å². The number of aryl methyl sites for hydroxylation is 1. The minimum Gasteiger partial charge on any atom is -0.379 e. The zero-order valence-corrected chi connectivity index (χ0v) is 11.6. The first-order valence-electron chi connectivity index (χ1n) is 6.71. The van der Waals surface area contributed by atoms with E-state index in [1.807, 2.05) is 25.1 Å². The number of anilines is 1. The highest BCUT2D eigenvalue weighted by atomic mass is 16.5. The second-order valence-electron chi connectivity index (χ2n) is 4.91. The van der Waals surface area contributed by atoms with Gasteiger partial charge in [-0.15, -0.1) is 5.10 Å². The summed E-state index contributed by atoms with van der Waals surface area (Å²) in [5.74, 6) is 0. The first-order chi connectivity index (χ1) is 10.2. The van der Waals surface area contributed by atoms with Crippen LogP contribution in [-0.2, 0) is 4.74 Å². The minimum atomic E-state index is -0.234. The molecule has 0 spiro atoms. The predicted octanol–water partition coefficient (Wildman–Crippen LogP) is 0.881. The van der Waals surface area contributed by atoms with Crippen LogP contribution in [0.1, 0.15) is 12.0 Å². The molecule has 0 unspecified atom stereocenters. The highest BCUT2D eigenvalue weighted by Gasteiger charge is 2.18. The molecule has 1 aliphatic heterocycles. The number of urea groups is 1. The monoisotopic (exact) mass is 288 g/mol. The summed E-state index contributed by atoms with van der Waals surface area (Å²) in [6.07, 6.45) is 2.35. The van der Waals surface area contributed by atoms with Crippen LogP contribution in [0.4, 0.5) is 10.5 Å². The molecule has 0 bridgehead atoms. The Labute approximate surface area is 121 Å². The molecule has 1 aromatic heterocycles. The Balaban J connectivity index is 1.72. The van der Waals surface area contributed by atoms with Gasteiger partial charge in [-0.2, -0.15) is 0 Å². The molecule has 21 heavy (non-hydrogen) atoms. The van der Waals surface area contributed by atoms with E-state index < -0.39 is 0 Å². The maximum atomic E-state index is 12.0. The van der Waals surface area contributed by atoms with Crippen LogP contribution in [0.25, 0.3) is 5.69 Å². The summed E-state index contributed by atoms with van der Waals surface area (Å²) in [5, 5.41) is 16.8. The topological polar surface area (TPSA) is 94.0 Å². The lowest BCUT2D eigenvalue weighted by atomic mass is 10.2. The average molecular weight is 288 g/mol. The molecule has 110 valence electrons. The molecule has 8 heteroatoms. The smallest absolute Gasteiger partial charge is 0.319 e. The van der Waals surface area contributed by atoms with Gasteiger partial charge in [0.2, 0.25) is 0 Å². The van der Waals surface area contributed by atoms with Gasteiger partial charge in [0.1, 0.15) is 6.33 Å². The number of hydrogen-bond donors (Lipinski definition) is 2. The summed E-state index contributed by atoms with van der Waals surface area (Å²) in [7, 11) is 0. The van der Waals surface area contributed by atoms with Crippen molar-refractivity contribution >= 4 is 11.7 Å². The van der Waals surface area contributed by atoms with Crippen molar-refractivity contribution in [1.82, 2.24) is 25.5 Å². The number of carbonyl (C=O) groups excluding carboxylic acids is 1. The van der Waals surface area contributed by atoms with Crippen molar-refractivity contribution in [3.63, 3.8) is 0 Å². The van der Waals surface area contributed by atoms with Crippen molar-refractivity contribution in [3.05, 3.63) is 30.1 Å². The highest BCUT2D eigenvalue weighted by Crippen LogP contribution is 2.19. The van der Waals surface area contributed by atoms with Crippen LogP contribution < -0.4 is 10.6 Å². The summed E-state index contributed by atoms with van der Waals surface area (Å²) in [6.45, 7) is 3.19. The van der Waals surface area contributed by atoms with Gasteiger partial charge in [0.15, 0.2) is 0 Å². The molecule has 2 heterocycles. The molecule has 2 amide bonds. The van der Waals surface area contributed by atoms with E-state index in [2.05, 4.69) is 26.2 Å². The first-order valence-corrected chi connectivity index (χ1v) is 6.71. The summed E-state index contributed by atoms with van der Waals surface area (Å²) >= 11 is 0. The summed E-state index contributed by atoms with van der Waals surface area (Å²) in [6, 6.07) is 5.47. The quantitative estimate of drug-likeness (QED) is 0.874. The van der Waals surface area contributed by atoms with Gasteiger partial charge in [-0.1, -0.05) is 6.07 Å². The minimum absolute atomic E-state index is 0.0769. The number of aromatic nitrogens is 4. The third-order valence-electron chi connectivity index (χ3n) is 3.35. The van der Waals surface area contributed by atoms with Gasteiger partial charge in [-0.05, 0) is 41.5 Å². The van der Waals surface area contributed by atoms with Crippen LogP contribution in [0.5, 0.6) is 0 Å². The Hall–Kier alpha value is -2.48. The van der Waals surface area contributed by atoms with E-state index in [0.717, 1.165) is 23.4 Å². The number of benzene rings is 1. The van der Waals surface area contributed by atoms with Crippen molar-refractivity contribution < 1.29 is 9.53 Å². The fraction of sp³-hybridized carbons (Fsp3) is 0.385. The van der Waals surface area contributed by atoms with Gasteiger partial charge in [-0.25, -0.2) is 9.48 Å². The van der Waals surface area contributed by atoms with E-state index in [1.54, 1.807) is 0 Å². The van der Waals surface area contributed by atoms with Crippen LogP contribution in [0.3, 0.4) is 0 Å². The van der Waals surface area contributed by atoms with Gasteiger partial charge in [0, 0.05) is 12.3 Å². The highest BCUT2D eigenvalue weighted by molar-refractivity contribution is 5.90. The van der Waals surface area contributed by atoms with Crippen molar-refractivity contribution in [2.24, 2.45) is 0 Å². The van der Waals surface area contributed by atoms with Gasteiger partial charge in [0.05, 0.1) is 18.3 Å². The summed E-state index contributed by atoms with van der Waals surface area (Å²) in [5.41, 5.74) is 2.47. The van der Waals surface area contributed by atoms with Crippen molar-refractivity contribution in [2.45, 2.75) is 19.4 Å². The number of nitrogens with zero attached hydrogens (tertiary/aromatic N) is 4. The normalized spacial score (nSPS) is 17.7. The average Bonchev–Trinajstić information content (AvgIpc) is 3.14. The summed E-state index contributed by atoms with van der Waals surface area (Å²) < 4.78 is 6.77. The standard InChI is InChI=1S/C13H16N6O2/c1-9-2-3-11(19-8-14-17-18-19)6-12(9)16-13(20)15-10-4-5-21-7-10/h2-3,6,8,10H,4-5,7H2,1H3,(H2,15,16,20)/t10-/m0/s1. The lowest BCUT2D eigenvalue weighted by Gasteiger charge is -2.14.